The van der Waals surface area contributed by atoms with Crippen LogP contribution in [0.25, 0.3) is 0 Å². The van der Waals surface area contributed by atoms with Crippen LogP contribution in [-0.2, 0) is 0 Å². The fraction of sp³-hybridized carbons (Fsp3) is 0.455. The van der Waals surface area contributed by atoms with Crippen LogP contribution in [0.4, 0.5) is 0 Å². The summed E-state index contributed by atoms with van der Waals surface area (Å²) in [6, 6.07) is 8.41. The Labute approximate surface area is 86.9 Å². The van der Waals surface area contributed by atoms with Crippen molar-refractivity contribution in [1.82, 2.24) is 0 Å². The van der Waals surface area contributed by atoms with Crippen molar-refractivity contribution in [2.24, 2.45) is 5.92 Å². The SMILES string of the molecule is OCC1CCC1c1cccc(Br)c1. The molecule has 0 heterocycles. The Kier molecular flexibility index (Phi) is 2.70. The van der Waals surface area contributed by atoms with Crippen molar-refractivity contribution in [3.63, 3.8) is 0 Å². The molecule has 0 radical (unpaired) electrons. The summed E-state index contributed by atoms with van der Waals surface area (Å²) in [4.78, 5) is 0. The Balaban J connectivity index is 2.16. The first-order chi connectivity index (χ1) is 6.31. The van der Waals surface area contributed by atoms with Gasteiger partial charge in [0.2, 0.25) is 0 Å². The molecule has 2 heteroatoms. The summed E-state index contributed by atoms with van der Waals surface area (Å²) in [5.74, 6) is 1.08. The van der Waals surface area contributed by atoms with E-state index >= 15 is 0 Å². The van der Waals surface area contributed by atoms with Gasteiger partial charge in [-0.05, 0) is 42.4 Å². The molecule has 70 valence electrons. The molecular formula is C11H13BrO. The van der Waals surface area contributed by atoms with Crippen molar-refractivity contribution in [1.29, 1.82) is 0 Å². The number of benzene rings is 1. The molecule has 1 aliphatic carbocycles. The first kappa shape index (κ1) is 9.22. The van der Waals surface area contributed by atoms with Crippen LogP contribution in [0.2, 0.25) is 0 Å². The number of hydrogen-bond acceptors (Lipinski definition) is 1. The average Bonchev–Trinajstić information content (AvgIpc) is 2.03. The van der Waals surface area contributed by atoms with E-state index in [1.807, 2.05) is 6.07 Å². The maximum atomic E-state index is 9.08. The lowest BCUT2D eigenvalue weighted by atomic mass is 9.70. The normalized spacial score (nSPS) is 26.9. The molecule has 0 amide bonds. The Hall–Kier alpha value is -0.340. The first-order valence-corrected chi connectivity index (χ1v) is 5.47. The molecule has 1 aromatic carbocycles. The van der Waals surface area contributed by atoms with Gasteiger partial charge in [0.15, 0.2) is 0 Å². The van der Waals surface area contributed by atoms with Gasteiger partial charge in [0.05, 0.1) is 0 Å². The largest absolute Gasteiger partial charge is 0.396 e. The van der Waals surface area contributed by atoms with Crippen LogP contribution in [0.3, 0.4) is 0 Å². The van der Waals surface area contributed by atoms with Crippen molar-refractivity contribution in [3.05, 3.63) is 34.3 Å². The van der Waals surface area contributed by atoms with E-state index in [1.54, 1.807) is 0 Å². The van der Waals surface area contributed by atoms with E-state index in [0.717, 1.165) is 4.47 Å². The third-order valence-corrected chi connectivity index (χ3v) is 3.42. The molecule has 1 aliphatic rings. The highest BCUT2D eigenvalue weighted by Crippen LogP contribution is 2.42. The summed E-state index contributed by atoms with van der Waals surface area (Å²) in [7, 11) is 0. The zero-order valence-electron chi connectivity index (χ0n) is 7.41. The maximum Gasteiger partial charge on any atom is 0.0465 e. The first-order valence-electron chi connectivity index (χ1n) is 4.67. The van der Waals surface area contributed by atoms with Gasteiger partial charge in [0.25, 0.3) is 0 Å². The van der Waals surface area contributed by atoms with E-state index in [4.69, 9.17) is 5.11 Å². The summed E-state index contributed by atoms with van der Waals surface area (Å²) in [6.07, 6.45) is 2.40. The van der Waals surface area contributed by atoms with E-state index in [9.17, 15) is 0 Å². The molecular weight excluding hydrogens is 228 g/mol. The Morgan fingerprint density at radius 1 is 1.38 bits per heavy atom. The Bertz CT molecular complexity index is 296. The minimum absolute atomic E-state index is 0.331. The summed E-state index contributed by atoms with van der Waals surface area (Å²) < 4.78 is 1.13. The maximum absolute atomic E-state index is 9.08. The predicted octanol–water partition coefficient (Wildman–Crippen LogP) is 2.94. The molecule has 0 saturated heterocycles. The Morgan fingerprint density at radius 2 is 2.23 bits per heavy atom. The van der Waals surface area contributed by atoms with Crippen LogP contribution >= 0.6 is 15.9 Å². The minimum Gasteiger partial charge on any atom is -0.396 e. The van der Waals surface area contributed by atoms with E-state index in [2.05, 4.69) is 34.1 Å². The fourth-order valence-electron chi connectivity index (χ4n) is 1.96. The van der Waals surface area contributed by atoms with Crippen molar-refractivity contribution in [3.8, 4) is 0 Å². The van der Waals surface area contributed by atoms with Gasteiger partial charge in [-0.15, -0.1) is 0 Å². The molecule has 1 fully saturated rings. The van der Waals surface area contributed by atoms with Crippen molar-refractivity contribution >= 4 is 15.9 Å². The molecule has 2 atom stereocenters. The van der Waals surface area contributed by atoms with E-state index in [0.29, 0.717) is 18.4 Å². The van der Waals surface area contributed by atoms with Crippen LogP contribution in [0.15, 0.2) is 28.7 Å². The number of aliphatic hydroxyl groups excluding tert-OH is 1. The standard InChI is InChI=1S/C11H13BrO/c12-10-3-1-2-8(6-10)11-5-4-9(11)7-13/h1-3,6,9,11,13H,4-5,7H2. The minimum atomic E-state index is 0.331. The van der Waals surface area contributed by atoms with Gasteiger partial charge in [-0.1, -0.05) is 28.1 Å². The summed E-state index contributed by atoms with van der Waals surface area (Å²) in [5, 5.41) is 9.08. The van der Waals surface area contributed by atoms with Crippen molar-refractivity contribution in [2.45, 2.75) is 18.8 Å². The molecule has 1 nitrogen and oxygen atoms in total. The fourth-order valence-corrected chi connectivity index (χ4v) is 2.38. The third kappa shape index (κ3) is 1.79. The quantitative estimate of drug-likeness (QED) is 0.843. The lowest BCUT2D eigenvalue weighted by Gasteiger charge is -2.35. The van der Waals surface area contributed by atoms with Crippen LogP contribution in [0, 0.1) is 5.92 Å². The van der Waals surface area contributed by atoms with Gasteiger partial charge in [-0.25, -0.2) is 0 Å². The topological polar surface area (TPSA) is 20.2 Å². The highest BCUT2D eigenvalue weighted by atomic mass is 79.9. The van der Waals surface area contributed by atoms with Crippen LogP contribution < -0.4 is 0 Å². The lowest BCUT2D eigenvalue weighted by molar-refractivity contribution is 0.135. The van der Waals surface area contributed by atoms with Gasteiger partial charge >= 0.3 is 0 Å². The number of rotatable bonds is 2. The lowest BCUT2D eigenvalue weighted by Crippen LogP contribution is -2.26. The molecule has 0 aliphatic heterocycles. The summed E-state index contributed by atoms with van der Waals surface area (Å²) in [5.41, 5.74) is 1.36. The number of aliphatic hydroxyl groups is 1. The molecule has 0 aromatic heterocycles. The predicted molar refractivity (Wildman–Crippen MR) is 56.7 cm³/mol. The highest BCUT2D eigenvalue weighted by Gasteiger charge is 2.31. The van der Waals surface area contributed by atoms with Crippen molar-refractivity contribution < 1.29 is 5.11 Å². The van der Waals surface area contributed by atoms with Crippen LogP contribution in [0.5, 0.6) is 0 Å². The second-order valence-corrected chi connectivity index (χ2v) is 4.60. The monoisotopic (exact) mass is 240 g/mol. The van der Waals surface area contributed by atoms with Gasteiger partial charge in [-0.2, -0.15) is 0 Å². The number of halogens is 1. The highest BCUT2D eigenvalue weighted by molar-refractivity contribution is 9.10. The summed E-state index contributed by atoms with van der Waals surface area (Å²) >= 11 is 3.46. The molecule has 13 heavy (non-hydrogen) atoms. The molecule has 1 aromatic rings. The third-order valence-electron chi connectivity index (χ3n) is 2.93. The van der Waals surface area contributed by atoms with E-state index in [1.165, 1.54) is 18.4 Å². The summed E-state index contributed by atoms with van der Waals surface area (Å²) in [6.45, 7) is 0.331. The van der Waals surface area contributed by atoms with Crippen LogP contribution in [-0.4, -0.2) is 11.7 Å². The van der Waals surface area contributed by atoms with Gasteiger partial charge in [-0.3, -0.25) is 0 Å². The molecule has 0 bridgehead atoms. The van der Waals surface area contributed by atoms with Gasteiger partial charge in [0, 0.05) is 11.1 Å². The second kappa shape index (κ2) is 3.81. The van der Waals surface area contributed by atoms with Gasteiger partial charge < -0.3 is 5.11 Å². The Morgan fingerprint density at radius 3 is 2.77 bits per heavy atom. The molecule has 1 saturated carbocycles. The average molecular weight is 241 g/mol. The molecule has 2 rings (SSSR count). The second-order valence-electron chi connectivity index (χ2n) is 3.68. The van der Waals surface area contributed by atoms with Crippen LogP contribution in [0.1, 0.15) is 24.3 Å². The number of hydrogen-bond donors (Lipinski definition) is 1. The van der Waals surface area contributed by atoms with E-state index in [-0.39, 0.29) is 0 Å². The van der Waals surface area contributed by atoms with E-state index < -0.39 is 0 Å². The molecule has 2 unspecified atom stereocenters. The molecule has 1 N–H and O–H groups in total. The van der Waals surface area contributed by atoms with Crippen molar-refractivity contribution in [2.75, 3.05) is 6.61 Å². The smallest absolute Gasteiger partial charge is 0.0465 e. The zero-order chi connectivity index (χ0) is 9.26. The van der Waals surface area contributed by atoms with Gasteiger partial charge in [0.1, 0.15) is 0 Å². The molecule has 0 spiro atoms. The zero-order valence-corrected chi connectivity index (χ0v) is 9.00.